The van der Waals surface area contributed by atoms with Crippen molar-refractivity contribution < 1.29 is 9.53 Å². The lowest BCUT2D eigenvalue weighted by molar-refractivity contribution is 0.0577. The molecule has 3 rings (SSSR count). The molecule has 1 aliphatic heterocycles. The molecule has 2 aromatic rings. The molecule has 0 radical (unpaired) electrons. The smallest absolute Gasteiger partial charge is 0.416 e. The second-order valence-corrected chi connectivity index (χ2v) is 9.37. The van der Waals surface area contributed by atoms with Gasteiger partial charge in [0.1, 0.15) is 11.4 Å². The first-order valence-electron chi connectivity index (χ1n) is 11.6. The lowest BCUT2D eigenvalue weighted by Gasteiger charge is -2.38. The predicted molar refractivity (Wildman–Crippen MR) is 126 cm³/mol. The summed E-state index contributed by atoms with van der Waals surface area (Å²) in [6.07, 6.45) is 6.84. The molecule has 5 nitrogen and oxygen atoms in total. The first kappa shape index (κ1) is 23.3. The van der Waals surface area contributed by atoms with Crippen molar-refractivity contribution >= 4 is 11.9 Å². The Bertz CT molecular complexity index is 832. The summed E-state index contributed by atoms with van der Waals surface area (Å²) in [5.41, 5.74) is 1.90. The molecule has 1 atom stereocenters. The van der Waals surface area contributed by atoms with Crippen LogP contribution in [0.4, 0.5) is 10.6 Å². The number of nitrogens with zero attached hydrogens (tertiary/aromatic N) is 3. The molecule has 0 unspecified atom stereocenters. The zero-order chi connectivity index (χ0) is 22.3. The van der Waals surface area contributed by atoms with Gasteiger partial charge in [-0.15, -0.1) is 0 Å². The van der Waals surface area contributed by atoms with Gasteiger partial charge in [-0.1, -0.05) is 56.2 Å². The number of anilines is 1. The zero-order valence-electron chi connectivity index (χ0n) is 19.5. The van der Waals surface area contributed by atoms with Crippen LogP contribution in [0.3, 0.4) is 0 Å². The van der Waals surface area contributed by atoms with Crippen molar-refractivity contribution in [3.63, 3.8) is 0 Å². The molecular formula is C26H37N3O2. The van der Waals surface area contributed by atoms with E-state index >= 15 is 0 Å². The zero-order valence-corrected chi connectivity index (χ0v) is 19.5. The van der Waals surface area contributed by atoms with Gasteiger partial charge < -0.3 is 4.74 Å². The van der Waals surface area contributed by atoms with Crippen LogP contribution in [-0.4, -0.2) is 34.7 Å². The minimum atomic E-state index is -0.541. The molecule has 31 heavy (non-hydrogen) atoms. The third-order valence-electron chi connectivity index (χ3n) is 5.62. The molecular weight excluding hydrogens is 386 g/mol. The van der Waals surface area contributed by atoms with Crippen LogP contribution in [0.25, 0.3) is 0 Å². The normalized spacial score (nSPS) is 17.4. The van der Waals surface area contributed by atoms with Gasteiger partial charge in [0.05, 0.1) is 0 Å². The molecule has 1 aromatic carbocycles. The van der Waals surface area contributed by atoms with E-state index in [2.05, 4.69) is 48.2 Å². The largest absolute Gasteiger partial charge is 0.443 e. The van der Waals surface area contributed by atoms with Crippen LogP contribution in [0.1, 0.15) is 77.0 Å². The van der Waals surface area contributed by atoms with E-state index in [4.69, 9.17) is 9.72 Å². The summed E-state index contributed by atoms with van der Waals surface area (Å²) >= 11 is 0. The fraction of sp³-hybridized carbons (Fsp3) is 0.538. The number of amides is 1. The molecule has 1 saturated heterocycles. The molecule has 0 saturated carbocycles. The van der Waals surface area contributed by atoms with Crippen LogP contribution in [0.15, 0.2) is 48.7 Å². The Morgan fingerprint density at radius 1 is 1.16 bits per heavy atom. The lowest BCUT2D eigenvalue weighted by Crippen LogP contribution is -2.40. The third-order valence-corrected chi connectivity index (χ3v) is 5.62. The summed E-state index contributed by atoms with van der Waals surface area (Å²) in [6, 6.07) is 15.0. The van der Waals surface area contributed by atoms with Crippen LogP contribution >= 0.6 is 0 Å². The van der Waals surface area contributed by atoms with Gasteiger partial charge in [0.25, 0.3) is 0 Å². The molecule has 1 aromatic heterocycles. The standard InChI is InChI=1S/C26H37N3O2/c1-5-6-19-29(25(30)31-26(2,3)4)24-22(15-12-17-27-24)23-16-10-11-18-28(23)20-21-13-8-7-9-14-21/h7-9,12-15,17,23H,5-6,10-11,16,18-20H2,1-4H3/t23-/m1/s1. The van der Waals surface area contributed by atoms with E-state index in [1.165, 1.54) is 18.4 Å². The molecule has 1 aliphatic rings. The Morgan fingerprint density at radius 3 is 2.65 bits per heavy atom. The molecule has 0 spiro atoms. The van der Waals surface area contributed by atoms with E-state index in [9.17, 15) is 4.79 Å². The molecule has 5 heteroatoms. The number of hydrogen-bond donors (Lipinski definition) is 0. The van der Waals surface area contributed by atoms with Crippen LogP contribution in [0, 0.1) is 0 Å². The van der Waals surface area contributed by atoms with Gasteiger partial charge >= 0.3 is 6.09 Å². The maximum absolute atomic E-state index is 13.1. The molecule has 168 valence electrons. The number of benzene rings is 1. The van der Waals surface area contributed by atoms with E-state index < -0.39 is 5.60 Å². The minimum absolute atomic E-state index is 0.240. The molecule has 1 amide bonds. The fourth-order valence-electron chi connectivity index (χ4n) is 4.16. The average Bonchev–Trinajstić information content (AvgIpc) is 2.74. The number of ether oxygens (including phenoxy) is 1. The summed E-state index contributed by atoms with van der Waals surface area (Å²) in [6.45, 7) is 10.4. The Balaban J connectivity index is 1.92. The van der Waals surface area contributed by atoms with Crippen molar-refractivity contribution in [2.45, 2.75) is 78.0 Å². The first-order chi connectivity index (χ1) is 14.9. The van der Waals surface area contributed by atoms with E-state index in [0.29, 0.717) is 6.54 Å². The van der Waals surface area contributed by atoms with Crippen LogP contribution < -0.4 is 4.90 Å². The number of unbranched alkanes of at least 4 members (excludes halogenated alkanes) is 1. The van der Waals surface area contributed by atoms with E-state index in [-0.39, 0.29) is 12.1 Å². The molecule has 0 aliphatic carbocycles. The molecule has 1 fully saturated rings. The fourth-order valence-corrected chi connectivity index (χ4v) is 4.16. The van der Waals surface area contributed by atoms with Gasteiger partial charge in [0, 0.05) is 30.9 Å². The Kier molecular flexibility index (Phi) is 8.08. The third kappa shape index (κ3) is 6.54. The Hall–Kier alpha value is -2.40. The monoisotopic (exact) mass is 423 g/mol. The Labute approximate surface area is 187 Å². The summed E-state index contributed by atoms with van der Waals surface area (Å²) in [4.78, 5) is 22.1. The number of carbonyl (C=O) groups is 1. The van der Waals surface area contributed by atoms with Crippen molar-refractivity contribution in [3.8, 4) is 0 Å². The van der Waals surface area contributed by atoms with Gasteiger partial charge in [-0.05, 0) is 58.2 Å². The summed E-state index contributed by atoms with van der Waals surface area (Å²) < 4.78 is 5.75. The second kappa shape index (κ2) is 10.8. The number of carbonyl (C=O) groups excluding carboxylic acids is 1. The van der Waals surface area contributed by atoms with Crippen molar-refractivity contribution in [2.75, 3.05) is 18.0 Å². The van der Waals surface area contributed by atoms with Gasteiger partial charge in [-0.3, -0.25) is 9.80 Å². The number of pyridine rings is 1. The highest BCUT2D eigenvalue weighted by molar-refractivity contribution is 5.87. The maximum atomic E-state index is 13.1. The summed E-state index contributed by atoms with van der Waals surface area (Å²) in [5, 5.41) is 0. The molecule has 2 heterocycles. The Morgan fingerprint density at radius 2 is 1.94 bits per heavy atom. The highest BCUT2D eigenvalue weighted by Crippen LogP contribution is 2.37. The number of rotatable bonds is 7. The van der Waals surface area contributed by atoms with Crippen LogP contribution in [0.2, 0.25) is 0 Å². The van der Waals surface area contributed by atoms with Gasteiger partial charge in [0.15, 0.2) is 0 Å². The number of aromatic nitrogens is 1. The lowest BCUT2D eigenvalue weighted by atomic mass is 9.94. The van der Waals surface area contributed by atoms with Crippen molar-refractivity contribution in [1.82, 2.24) is 9.88 Å². The SMILES string of the molecule is CCCCN(C(=O)OC(C)(C)C)c1ncccc1[C@H]1CCCCN1Cc1ccccc1. The van der Waals surface area contributed by atoms with Crippen molar-refractivity contribution in [3.05, 3.63) is 59.8 Å². The van der Waals surface area contributed by atoms with Crippen LogP contribution in [-0.2, 0) is 11.3 Å². The quantitative estimate of drug-likeness (QED) is 0.520. The van der Waals surface area contributed by atoms with Crippen molar-refractivity contribution in [2.24, 2.45) is 0 Å². The van der Waals surface area contributed by atoms with Gasteiger partial charge in [-0.25, -0.2) is 9.78 Å². The van der Waals surface area contributed by atoms with Gasteiger partial charge in [0.2, 0.25) is 0 Å². The highest BCUT2D eigenvalue weighted by atomic mass is 16.6. The topological polar surface area (TPSA) is 45.7 Å². The first-order valence-corrected chi connectivity index (χ1v) is 11.6. The number of likely N-dealkylation sites (tertiary alicyclic amines) is 1. The van der Waals surface area contributed by atoms with E-state index in [1.54, 1.807) is 11.1 Å². The molecule has 0 N–H and O–H groups in total. The molecule has 0 bridgehead atoms. The van der Waals surface area contributed by atoms with E-state index in [1.807, 2.05) is 26.8 Å². The van der Waals surface area contributed by atoms with Gasteiger partial charge in [-0.2, -0.15) is 0 Å². The maximum Gasteiger partial charge on any atom is 0.416 e. The van der Waals surface area contributed by atoms with E-state index in [0.717, 1.165) is 43.7 Å². The minimum Gasteiger partial charge on any atom is -0.443 e. The average molecular weight is 424 g/mol. The number of hydrogen-bond acceptors (Lipinski definition) is 4. The van der Waals surface area contributed by atoms with Crippen LogP contribution in [0.5, 0.6) is 0 Å². The van der Waals surface area contributed by atoms with Crippen molar-refractivity contribution in [1.29, 1.82) is 0 Å². The number of piperidine rings is 1. The summed E-state index contributed by atoms with van der Waals surface area (Å²) in [7, 11) is 0. The summed E-state index contributed by atoms with van der Waals surface area (Å²) in [5.74, 6) is 0.746. The highest BCUT2D eigenvalue weighted by Gasteiger charge is 2.31. The predicted octanol–water partition coefficient (Wildman–Crippen LogP) is 6.35. The second-order valence-electron chi connectivity index (χ2n) is 9.37.